The lowest BCUT2D eigenvalue weighted by atomic mass is 9.95. The molecule has 4 nitrogen and oxygen atoms in total. The van der Waals surface area contributed by atoms with Crippen LogP contribution in [0.4, 0.5) is 11.4 Å². The van der Waals surface area contributed by atoms with Crippen molar-refractivity contribution < 1.29 is 4.74 Å². The number of nitriles is 1. The molecule has 2 bridgehead atoms. The Morgan fingerprint density at radius 3 is 2.94 bits per heavy atom. The maximum Gasteiger partial charge on any atom is 0.101 e. The first-order valence-corrected chi connectivity index (χ1v) is 5.98. The van der Waals surface area contributed by atoms with E-state index in [-0.39, 0.29) is 0 Å². The first-order valence-electron chi connectivity index (χ1n) is 5.98. The minimum absolute atomic E-state index is 0.309. The van der Waals surface area contributed by atoms with Crippen LogP contribution in [-0.2, 0) is 4.74 Å². The Morgan fingerprint density at radius 2 is 2.29 bits per heavy atom. The molecule has 17 heavy (non-hydrogen) atoms. The van der Waals surface area contributed by atoms with Crippen molar-refractivity contribution in [2.45, 2.75) is 37.5 Å². The van der Waals surface area contributed by atoms with Crippen LogP contribution in [0.1, 0.15) is 24.8 Å². The van der Waals surface area contributed by atoms with Crippen molar-refractivity contribution in [3.05, 3.63) is 23.8 Å². The predicted molar refractivity (Wildman–Crippen MR) is 65.5 cm³/mol. The van der Waals surface area contributed by atoms with Crippen LogP contribution in [0, 0.1) is 11.3 Å². The van der Waals surface area contributed by atoms with Crippen LogP contribution in [0.3, 0.4) is 0 Å². The number of fused-ring (bicyclic) bond motifs is 2. The van der Waals surface area contributed by atoms with Crippen LogP contribution < -0.4 is 11.1 Å². The summed E-state index contributed by atoms with van der Waals surface area (Å²) in [5, 5.41) is 12.5. The second-order valence-corrected chi connectivity index (χ2v) is 4.78. The van der Waals surface area contributed by atoms with Gasteiger partial charge in [0.05, 0.1) is 29.5 Å². The smallest absolute Gasteiger partial charge is 0.101 e. The zero-order valence-electron chi connectivity index (χ0n) is 9.52. The fraction of sp³-hybridized carbons (Fsp3) is 0.462. The molecule has 3 atom stereocenters. The van der Waals surface area contributed by atoms with E-state index in [1.54, 1.807) is 6.07 Å². The van der Waals surface area contributed by atoms with Crippen LogP contribution in [-0.4, -0.2) is 18.2 Å². The third-order valence-electron chi connectivity index (χ3n) is 3.61. The molecule has 88 valence electrons. The number of nitrogens with zero attached hydrogens (tertiary/aromatic N) is 1. The Bertz CT molecular complexity index is 480. The summed E-state index contributed by atoms with van der Waals surface area (Å²) in [7, 11) is 0. The molecule has 0 saturated carbocycles. The second-order valence-electron chi connectivity index (χ2n) is 4.78. The largest absolute Gasteiger partial charge is 0.399 e. The molecule has 1 aromatic carbocycles. The lowest BCUT2D eigenvalue weighted by molar-refractivity contribution is 0.102. The van der Waals surface area contributed by atoms with Gasteiger partial charge in [-0.25, -0.2) is 0 Å². The summed E-state index contributed by atoms with van der Waals surface area (Å²) in [6, 6.07) is 7.90. The van der Waals surface area contributed by atoms with Gasteiger partial charge in [0.25, 0.3) is 0 Å². The van der Waals surface area contributed by atoms with Crippen molar-refractivity contribution in [1.82, 2.24) is 0 Å². The fourth-order valence-electron chi connectivity index (χ4n) is 2.77. The Balaban J connectivity index is 1.79. The molecule has 0 radical (unpaired) electrons. The molecule has 2 aliphatic heterocycles. The summed E-state index contributed by atoms with van der Waals surface area (Å²) < 4.78 is 5.78. The molecule has 4 heteroatoms. The summed E-state index contributed by atoms with van der Waals surface area (Å²) in [6.07, 6.45) is 4.07. The van der Waals surface area contributed by atoms with E-state index in [1.807, 2.05) is 12.1 Å². The molecule has 3 N–H and O–H groups in total. The van der Waals surface area contributed by atoms with Gasteiger partial charge in [-0.1, -0.05) is 0 Å². The summed E-state index contributed by atoms with van der Waals surface area (Å²) in [5.41, 5.74) is 7.76. The average molecular weight is 229 g/mol. The minimum atomic E-state index is 0.309. The molecule has 0 aliphatic carbocycles. The SMILES string of the molecule is N#Cc1cc(N)ccc1NC1CC2CCC1O2. The van der Waals surface area contributed by atoms with E-state index in [9.17, 15) is 0 Å². The third kappa shape index (κ3) is 1.83. The molecule has 0 aromatic heterocycles. The van der Waals surface area contributed by atoms with Gasteiger partial charge in [0, 0.05) is 5.69 Å². The third-order valence-corrected chi connectivity index (χ3v) is 3.61. The Kier molecular flexibility index (Phi) is 2.41. The van der Waals surface area contributed by atoms with Gasteiger partial charge in [0.2, 0.25) is 0 Å². The molecule has 2 fully saturated rings. The highest BCUT2D eigenvalue weighted by molar-refractivity contribution is 5.63. The number of benzene rings is 1. The van der Waals surface area contributed by atoms with Gasteiger partial charge in [0.1, 0.15) is 6.07 Å². The summed E-state index contributed by atoms with van der Waals surface area (Å²) in [4.78, 5) is 0. The van der Waals surface area contributed by atoms with E-state index in [1.165, 1.54) is 6.42 Å². The number of rotatable bonds is 2. The summed E-state index contributed by atoms with van der Waals surface area (Å²) in [5.74, 6) is 0. The van der Waals surface area contributed by atoms with Crippen LogP contribution in [0.15, 0.2) is 18.2 Å². The minimum Gasteiger partial charge on any atom is -0.399 e. The predicted octanol–water partition coefficient (Wildman–Crippen LogP) is 1.87. The maximum absolute atomic E-state index is 9.07. The molecule has 2 saturated heterocycles. The Labute approximate surface area is 100 Å². The van der Waals surface area contributed by atoms with E-state index in [0.29, 0.717) is 29.5 Å². The van der Waals surface area contributed by atoms with Crippen LogP contribution in [0.25, 0.3) is 0 Å². The van der Waals surface area contributed by atoms with E-state index in [0.717, 1.165) is 18.5 Å². The zero-order valence-corrected chi connectivity index (χ0v) is 9.52. The second kappa shape index (κ2) is 3.94. The normalized spacial score (nSPS) is 30.2. The van der Waals surface area contributed by atoms with E-state index in [2.05, 4.69) is 11.4 Å². The Hall–Kier alpha value is -1.73. The molecule has 3 rings (SSSR count). The lowest BCUT2D eigenvalue weighted by Gasteiger charge is -2.21. The van der Waals surface area contributed by atoms with Crippen molar-refractivity contribution in [1.29, 1.82) is 5.26 Å². The molecule has 3 unspecified atom stereocenters. The molecule has 1 aromatic rings. The number of hydrogen-bond acceptors (Lipinski definition) is 4. The van der Waals surface area contributed by atoms with E-state index < -0.39 is 0 Å². The van der Waals surface area contributed by atoms with Gasteiger partial charge in [0.15, 0.2) is 0 Å². The fourth-order valence-corrected chi connectivity index (χ4v) is 2.77. The standard InChI is InChI=1S/C13H15N3O/c14-7-8-5-9(15)1-3-11(8)16-12-6-10-2-4-13(12)17-10/h1,3,5,10,12-13,16H,2,4,6,15H2. The molecule has 0 amide bonds. The number of ether oxygens (including phenoxy) is 1. The number of nitrogen functional groups attached to an aromatic ring is 1. The highest BCUT2D eigenvalue weighted by Crippen LogP contribution is 2.36. The Morgan fingerprint density at radius 1 is 1.41 bits per heavy atom. The van der Waals surface area contributed by atoms with Gasteiger partial charge in [-0.15, -0.1) is 0 Å². The highest BCUT2D eigenvalue weighted by Gasteiger charge is 2.40. The molecule has 2 aliphatic rings. The first kappa shape index (κ1) is 10.4. The lowest BCUT2D eigenvalue weighted by Crippen LogP contribution is -2.30. The number of nitrogens with two attached hydrogens (primary N) is 1. The van der Waals surface area contributed by atoms with Crippen molar-refractivity contribution in [2.24, 2.45) is 0 Å². The maximum atomic E-state index is 9.07. The topological polar surface area (TPSA) is 71.1 Å². The van der Waals surface area contributed by atoms with Gasteiger partial charge in [-0.3, -0.25) is 0 Å². The van der Waals surface area contributed by atoms with Crippen molar-refractivity contribution >= 4 is 11.4 Å². The van der Waals surface area contributed by atoms with Gasteiger partial charge >= 0.3 is 0 Å². The monoisotopic (exact) mass is 229 g/mol. The zero-order chi connectivity index (χ0) is 11.8. The quantitative estimate of drug-likeness (QED) is 0.759. The van der Waals surface area contributed by atoms with Crippen LogP contribution in [0.5, 0.6) is 0 Å². The summed E-state index contributed by atoms with van der Waals surface area (Å²) >= 11 is 0. The van der Waals surface area contributed by atoms with Crippen molar-refractivity contribution in [2.75, 3.05) is 11.1 Å². The molecule has 0 spiro atoms. The molecule has 2 heterocycles. The number of hydrogen-bond donors (Lipinski definition) is 2. The van der Waals surface area contributed by atoms with Crippen molar-refractivity contribution in [3.8, 4) is 6.07 Å². The molecular weight excluding hydrogens is 214 g/mol. The first-order chi connectivity index (χ1) is 8.26. The highest BCUT2D eigenvalue weighted by atomic mass is 16.5. The van der Waals surface area contributed by atoms with E-state index in [4.69, 9.17) is 15.7 Å². The van der Waals surface area contributed by atoms with Gasteiger partial charge in [-0.2, -0.15) is 5.26 Å². The molecular formula is C13H15N3O. The average Bonchev–Trinajstić information content (AvgIpc) is 2.93. The van der Waals surface area contributed by atoms with Gasteiger partial charge < -0.3 is 15.8 Å². The van der Waals surface area contributed by atoms with Gasteiger partial charge in [-0.05, 0) is 37.5 Å². The van der Waals surface area contributed by atoms with E-state index >= 15 is 0 Å². The van der Waals surface area contributed by atoms with Crippen molar-refractivity contribution in [3.63, 3.8) is 0 Å². The van der Waals surface area contributed by atoms with Crippen LogP contribution in [0.2, 0.25) is 0 Å². The number of nitrogens with one attached hydrogen (secondary N) is 1. The summed E-state index contributed by atoms with van der Waals surface area (Å²) in [6.45, 7) is 0. The van der Waals surface area contributed by atoms with Crippen LogP contribution >= 0.6 is 0 Å². The number of anilines is 2.